The second-order valence-electron chi connectivity index (χ2n) is 7.47. The van der Waals surface area contributed by atoms with Gasteiger partial charge in [0.2, 0.25) is 0 Å². The molecule has 162 valence electrons. The van der Waals surface area contributed by atoms with Crippen molar-refractivity contribution < 1.29 is 9.21 Å². The summed E-state index contributed by atoms with van der Waals surface area (Å²) in [6, 6.07) is 18.7. The SMILES string of the molecule is O=C(NCc1nn(Cc2cccnc2)c(=O)c2ccccc12)c1cc(=O)c2ccccc2o1. The normalized spacial score (nSPS) is 11.0. The van der Waals surface area contributed by atoms with Crippen LogP contribution in [0.25, 0.3) is 21.7 Å². The summed E-state index contributed by atoms with van der Waals surface area (Å²) in [5.74, 6) is -0.638. The molecule has 0 saturated carbocycles. The van der Waals surface area contributed by atoms with Crippen LogP contribution in [0.5, 0.6) is 0 Å². The summed E-state index contributed by atoms with van der Waals surface area (Å²) in [5.41, 5.74) is 1.16. The van der Waals surface area contributed by atoms with Crippen LogP contribution in [0, 0.1) is 0 Å². The van der Waals surface area contributed by atoms with Gasteiger partial charge in [0.15, 0.2) is 11.2 Å². The Morgan fingerprint density at radius 1 is 0.939 bits per heavy atom. The number of nitrogens with one attached hydrogen (secondary N) is 1. The Hall–Kier alpha value is -4.59. The van der Waals surface area contributed by atoms with Crippen molar-refractivity contribution in [3.63, 3.8) is 0 Å². The number of nitrogens with zero attached hydrogens (tertiary/aromatic N) is 3. The van der Waals surface area contributed by atoms with Gasteiger partial charge in [0.1, 0.15) is 5.58 Å². The minimum absolute atomic E-state index is 0.0448. The van der Waals surface area contributed by atoms with E-state index in [9.17, 15) is 14.4 Å². The molecule has 1 N–H and O–H groups in total. The molecule has 8 heteroatoms. The summed E-state index contributed by atoms with van der Waals surface area (Å²) in [6.07, 6.45) is 3.33. The maximum atomic E-state index is 12.9. The average Bonchev–Trinajstić information content (AvgIpc) is 2.85. The summed E-state index contributed by atoms with van der Waals surface area (Å²) < 4.78 is 6.97. The molecule has 0 saturated heterocycles. The number of aromatic nitrogens is 3. The van der Waals surface area contributed by atoms with Crippen LogP contribution in [-0.2, 0) is 13.1 Å². The van der Waals surface area contributed by atoms with E-state index in [1.54, 1.807) is 60.9 Å². The van der Waals surface area contributed by atoms with Crippen molar-refractivity contribution >= 4 is 27.6 Å². The molecule has 5 rings (SSSR count). The molecule has 0 spiro atoms. The van der Waals surface area contributed by atoms with E-state index in [4.69, 9.17) is 4.42 Å². The molecule has 3 heterocycles. The molecular weight excluding hydrogens is 420 g/mol. The van der Waals surface area contributed by atoms with Crippen molar-refractivity contribution in [2.24, 2.45) is 0 Å². The van der Waals surface area contributed by atoms with E-state index in [1.807, 2.05) is 12.1 Å². The summed E-state index contributed by atoms with van der Waals surface area (Å²) in [7, 11) is 0. The fourth-order valence-corrected chi connectivity index (χ4v) is 3.67. The van der Waals surface area contributed by atoms with Gasteiger partial charge < -0.3 is 9.73 Å². The van der Waals surface area contributed by atoms with Crippen molar-refractivity contribution in [2.75, 3.05) is 0 Å². The Balaban J connectivity index is 1.47. The van der Waals surface area contributed by atoms with Gasteiger partial charge in [-0.3, -0.25) is 19.4 Å². The number of pyridine rings is 1. The fraction of sp³-hybridized carbons (Fsp3) is 0.0800. The van der Waals surface area contributed by atoms with Gasteiger partial charge in [-0.25, -0.2) is 4.68 Å². The van der Waals surface area contributed by atoms with Gasteiger partial charge in [-0.15, -0.1) is 0 Å². The third-order valence-electron chi connectivity index (χ3n) is 5.27. The first-order valence-electron chi connectivity index (χ1n) is 10.3. The van der Waals surface area contributed by atoms with Crippen LogP contribution in [0.3, 0.4) is 0 Å². The summed E-state index contributed by atoms with van der Waals surface area (Å²) in [5, 5.41) is 8.79. The third kappa shape index (κ3) is 4.01. The Kier molecular flexibility index (Phi) is 5.24. The first kappa shape index (κ1) is 20.3. The standard InChI is InChI=1S/C25H18N4O4/c30-21-12-23(33-22-10-4-3-9-19(21)22)24(31)27-14-20-17-7-1-2-8-18(17)25(32)29(28-20)15-16-6-5-11-26-13-16/h1-13H,14-15H2,(H,27,31). The van der Waals surface area contributed by atoms with Crippen molar-refractivity contribution in [2.45, 2.75) is 13.1 Å². The highest BCUT2D eigenvalue weighted by atomic mass is 16.3. The number of carbonyl (C=O) groups is 1. The predicted octanol–water partition coefficient (Wildman–Crippen LogP) is 2.88. The van der Waals surface area contributed by atoms with Gasteiger partial charge in [0.05, 0.1) is 29.6 Å². The lowest BCUT2D eigenvalue weighted by molar-refractivity contribution is 0.0923. The summed E-state index contributed by atoms with van der Waals surface area (Å²) in [4.78, 5) is 42.1. The lowest BCUT2D eigenvalue weighted by Crippen LogP contribution is -2.29. The van der Waals surface area contributed by atoms with E-state index in [1.165, 1.54) is 10.7 Å². The average molecular weight is 438 g/mol. The minimum Gasteiger partial charge on any atom is -0.451 e. The minimum atomic E-state index is -0.547. The highest BCUT2D eigenvalue weighted by molar-refractivity contribution is 5.93. The first-order valence-corrected chi connectivity index (χ1v) is 10.3. The van der Waals surface area contributed by atoms with E-state index in [-0.39, 0.29) is 29.8 Å². The molecule has 0 aliphatic carbocycles. The molecular formula is C25H18N4O4. The number of amides is 1. The molecule has 5 aromatic rings. The number of rotatable bonds is 5. The second-order valence-corrected chi connectivity index (χ2v) is 7.47. The Labute approximate surface area is 187 Å². The van der Waals surface area contributed by atoms with Crippen molar-refractivity contribution in [1.29, 1.82) is 0 Å². The van der Waals surface area contributed by atoms with E-state index >= 15 is 0 Å². The molecule has 0 unspecified atom stereocenters. The molecule has 33 heavy (non-hydrogen) atoms. The molecule has 0 atom stereocenters. The molecule has 0 aliphatic rings. The van der Waals surface area contributed by atoms with Gasteiger partial charge >= 0.3 is 0 Å². The highest BCUT2D eigenvalue weighted by Crippen LogP contribution is 2.15. The van der Waals surface area contributed by atoms with Gasteiger partial charge in [0.25, 0.3) is 11.5 Å². The number of fused-ring (bicyclic) bond motifs is 2. The molecule has 0 bridgehead atoms. The predicted molar refractivity (Wildman–Crippen MR) is 123 cm³/mol. The monoisotopic (exact) mass is 438 g/mol. The van der Waals surface area contributed by atoms with Crippen molar-refractivity contribution in [3.05, 3.63) is 117 Å². The van der Waals surface area contributed by atoms with E-state index in [0.29, 0.717) is 27.4 Å². The van der Waals surface area contributed by atoms with Crippen LogP contribution in [0.1, 0.15) is 21.8 Å². The number of carbonyl (C=O) groups excluding carboxylic acids is 1. The molecule has 0 aliphatic heterocycles. The van der Waals surface area contributed by atoms with Crippen LogP contribution in [0.4, 0.5) is 0 Å². The topological polar surface area (TPSA) is 107 Å². The van der Waals surface area contributed by atoms with Crippen LogP contribution in [0.2, 0.25) is 0 Å². The van der Waals surface area contributed by atoms with E-state index in [0.717, 1.165) is 5.56 Å². The Bertz CT molecular complexity index is 1610. The van der Waals surface area contributed by atoms with Crippen LogP contribution < -0.4 is 16.3 Å². The van der Waals surface area contributed by atoms with Gasteiger partial charge in [-0.1, -0.05) is 36.4 Å². The number of para-hydroxylation sites is 1. The lowest BCUT2D eigenvalue weighted by atomic mass is 10.1. The molecule has 8 nitrogen and oxygen atoms in total. The van der Waals surface area contributed by atoms with Crippen molar-refractivity contribution in [3.8, 4) is 0 Å². The number of hydrogen-bond acceptors (Lipinski definition) is 6. The third-order valence-corrected chi connectivity index (χ3v) is 5.27. The maximum absolute atomic E-state index is 12.9. The molecule has 1 amide bonds. The Morgan fingerprint density at radius 2 is 1.70 bits per heavy atom. The maximum Gasteiger partial charge on any atom is 0.287 e. The zero-order valence-electron chi connectivity index (χ0n) is 17.4. The molecule has 0 radical (unpaired) electrons. The zero-order chi connectivity index (χ0) is 22.8. The first-order chi connectivity index (χ1) is 16.1. The largest absolute Gasteiger partial charge is 0.451 e. The zero-order valence-corrected chi connectivity index (χ0v) is 17.4. The van der Waals surface area contributed by atoms with Crippen molar-refractivity contribution in [1.82, 2.24) is 20.1 Å². The smallest absolute Gasteiger partial charge is 0.287 e. The number of hydrogen-bond donors (Lipinski definition) is 1. The van der Waals surface area contributed by atoms with E-state index < -0.39 is 5.91 Å². The summed E-state index contributed by atoms with van der Waals surface area (Å²) in [6.45, 7) is 0.293. The van der Waals surface area contributed by atoms with Crippen LogP contribution in [-0.4, -0.2) is 20.7 Å². The number of benzene rings is 2. The highest BCUT2D eigenvalue weighted by Gasteiger charge is 2.15. The van der Waals surface area contributed by atoms with Gasteiger partial charge in [0, 0.05) is 23.8 Å². The lowest BCUT2D eigenvalue weighted by Gasteiger charge is -2.12. The van der Waals surface area contributed by atoms with E-state index in [2.05, 4.69) is 15.4 Å². The van der Waals surface area contributed by atoms with Gasteiger partial charge in [-0.05, 0) is 29.8 Å². The molecule has 0 fully saturated rings. The Morgan fingerprint density at radius 3 is 2.48 bits per heavy atom. The molecule has 3 aromatic heterocycles. The fourth-order valence-electron chi connectivity index (χ4n) is 3.67. The molecule has 2 aromatic carbocycles. The van der Waals surface area contributed by atoms with Gasteiger partial charge in [-0.2, -0.15) is 5.10 Å². The second kappa shape index (κ2) is 8.51. The quantitative estimate of drug-likeness (QED) is 0.452. The van der Waals surface area contributed by atoms with Crippen LogP contribution in [0.15, 0.2) is 93.1 Å². The van der Waals surface area contributed by atoms with Crippen LogP contribution >= 0.6 is 0 Å². The summed E-state index contributed by atoms with van der Waals surface area (Å²) >= 11 is 0.